The molecule has 4 aromatic carbocycles. The van der Waals surface area contributed by atoms with Crippen LogP contribution in [0.25, 0.3) is 65.9 Å². The van der Waals surface area contributed by atoms with Gasteiger partial charge in [-0.1, -0.05) is 17.9 Å². The van der Waals surface area contributed by atoms with Crippen molar-refractivity contribution in [2.45, 2.75) is 81.1 Å². The molecule has 5 saturated heterocycles. The number of aromatic nitrogens is 6. The summed E-state index contributed by atoms with van der Waals surface area (Å²) in [5.74, 6) is 5.17. The number of ether oxygens (including phenoxy) is 2. The summed E-state index contributed by atoms with van der Waals surface area (Å²) in [6.45, 7) is 5.22. The molecule has 1 saturated carbocycles. The van der Waals surface area contributed by atoms with Crippen molar-refractivity contribution in [2.24, 2.45) is 5.41 Å². The molecule has 0 spiro atoms. The van der Waals surface area contributed by atoms with Gasteiger partial charge < -0.3 is 49.9 Å². The van der Waals surface area contributed by atoms with Gasteiger partial charge in [-0.3, -0.25) is 9.97 Å². The van der Waals surface area contributed by atoms with Gasteiger partial charge in [0.1, 0.15) is 40.8 Å². The molecule has 4 aromatic heterocycles. The summed E-state index contributed by atoms with van der Waals surface area (Å²) in [4.78, 5) is 39.0. The summed E-state index contributed by atoms with van der Waals surface area (Å²) < 4.78 is 45.4. The Labute approximate surface area is 467 Å². The average Bonchev–Trinajstić information content (AvgIpc) is 3.89. The van der Waals surface area contributed by atoms with Crippen LogP contribution in [0, 0.1) is 41.7 Å². The largest absolute Gasteiger partial charge is 0.508 e. The molecule has 412 valence electrons. The normalized spacial score (nSPS) is 24.2. The van der Waals surface area contributed by atoms with E-state index in [2.05, 4.69) is 49.1 Å². The fraction of sp³-hybridized carbons (Fsp3) is 0.397. The second kappa shape index (κ2) is 19.9. The van der Waals surface area contributed by atoms with E-state index < -0.39 is 17.0 Å². The Balaban J connectivity index is 0.835. The number of benzene rings is 4. The van der Waals surface area contributed by atoms with Gasteiger partial charge in [-0.2, -0.15) is 19.9 Å². The van der Waals surface area contributed by atoms with Crippen molar-refractivity contribution in [1.29, 1.82) is 0 Å². The lowest BCUT2D eigenvalue weighted by atomic mass is 9.88. The highest BCUT2D eigenvalue weighted by Crippen LogP contribution is 2.61. The molecule has 5 aliphatic heterocycles. The van der Waals surface area contributed by atoms with Gasteiger partial charge >= 0.3 is 12.0 Å². The first-order valence-corrected chi connectivity index (χ1v) is 28.1. The molecule has 9 heterocycles. The maximum absolute atomic E-state index is 17.0. The number of likely N-dealkylation sites (tertiary alicyclic amines) is 1. The number of nitrogens with one attached hydrogen (secondary N) is 2. The Kier molecular flexibility index (Phi) is 12.6. The molecule has 4 N–H and O–H groups in total. The molecule has 16 nitrogen and oxygen atoms in total. The first-order chi connectivity index (χ1) is 39.3. The second-order valence-electron chi connectivity index (χ2n) is 23.7. The van der Waals surface area contributed by atoms with Crippen molar-refractivity contribution in [3.05, 3.63) is 95.3 Å². The number of hydrogen-bond acceptors (Lipinski definition) is 16. The lowest BCUT2D eigenvalue weighted by molar-refractivity contribution is 0.179. The molecule has 6 aliphatic rings. The predicted molar refractivity (Wildman–Crippen MR) is 309 cm³/mol. The molecule has 14 rings (SSSR count). The topological polar surface area (TPSA) is 173 Å². The van der Waals surface area contributed by atoms with Crippen LogP contribution in [0.2, 0.25) is 0 Å². The standard InChI is InChI=1S/C63H62F2N12O4/c1-6-44-51(64)15-10-34-17-42(78)20-46(55(34)44)35-18-54-58(66-25-35)60(77-29-39-13-14-40(30-77)69-39)73-62(71-54)81-33-63(32-74(3)4)24-50(63)48-23-52(65)45(7-2)56-47(21-43(79)22-49(48)56)36-19-53-57(67-26-36)59(76-27-37-11-12-38(28-76)68-37)72-61(70-53)80-31-41-9-8-16-75(41)5/h1-2,10,15,17-23,25-26,37-41,50,68-69,78-79H,8-9,11-14,16,24,27-33H2,3-5H3. The molecule has 1 aliphatic carbocycles. The van der Waals surface area contributed by atoms with E-state index in [1.807, 2.05) is 26.2 Å². The molecule has 18 heteroatoms. The fourth-order valence-corrected chi connectivity index (χ4v) is 14.1. The van der Waals surface area contributed by atoms with E-state index in [-0.39, 0.29) is 65.3 Å². The van der Waals surface area contributed by atoms with Crippen LogP contribution in [-0.2, 0) is 0 Å². The molecule has 8 aromatic rings. The fourth-order valence-electron chi connectivity index (χ4n) is 14.1. The number of piperazine rings is 2. The lowest BCUT2D eigenvalue weighted by Gasteiger charge is -2.34. The molecule has 6 fully saturated rings. The summed E-state index contributed by atoms with van der Waals surface area (Å²) in [6.07, 6.45) is 22.6. The summed E-state index contributed by atoms with van der Waals surface area (Å²) in [5.41, 5.74) is 4.74. The Morgan fingerprint density at radius 3 is 1.84 bits per heavy atom. The number of phenols is 2. The predicted octanol–water partition coefficient (Wildman–Crippen LogP) is 8.12. The van der Waals surface area contributed by atoms with Gasteiger partial charge in [0.05, 0.1) is 28.8 Å². The van der Waals surface area contributed by atoms with Crippen molar-refractivity contribution >= 4 is 55.2 Å². The third-order valence-electron chi connectivity index (χ3n) is 18.0. The highest BCUT2D eigenvalue weighted by Gasteiger charge is 2.56. The van der Waals surface area contributed by atoms with Crippen LogP contribution in [0.4, 0.5) is 20.4 Å². The quantitative estimate of drug-likeness (QED) is 0.0815. The van der Waals surface area contributed by atoms with Crippen LogP contribution in [0.5, 0.6) is 23.5 Å². The maximum Gasteiger partial charge on any atom is 0.319 e. The molecular weight excluding hydrogens is 1030 g/mol. The third-order valence-corrected chi connectivity index (χ3v) is 18.0. The summed E-state index contributed by atoms with van der Waals surface area (Å²) in [5, 5.41) is 32.2. The molecule has 7 unspecified atom stereocenters. The maximum atomic E-state index is 17.0. The van der Waals surface area contributed by atoms with E-state index in [1.54, 1.807) is 42.7 Å². The van der Waals surface area contributed by atoms with Crippen LogP contribution in [0.1, 0.15) is 67.6 Å². The van der Waals surface area contributed by atoms with Crippen LogP contribution in [-0.4, -0.2) is 154 Å². The monoisotopic (exact) mass is 1090 g/mol. The van der Waals surface area contributed by atoms with Gasteiger partial charge in [-0.15, -0.1) is 12.8 Å². The van der Waals surface area contributed by atoms with Gasteiger partial charge in [0.25, 0.3) is 0 Å². The number of rotatable bonds is 13. The van der Waals surface area contributed by atoms with E-state index in [0.717, 1.165) is 71.2 Å². The van der Waals surface area contributed by atoms with Crippen LogP contribution in [0.15, 0.2) is 67.0 Å². The first kappa shape index (κ1) is 51.2. The van der Waals surface area contributed by atoms with Crippen LogP contribution in [0.3, 0.4) is 0 Å². The van der Waals surface area contributed by atoms with Crippen molar-refractivity contribution in [3.63, 3.8) is 0 Å². The van der Waals surface area contributed by atoms with Gasteiger partial charge in [0.2, 0.25) is 0 Å². The number of pyridine rings is 2. The number of aromatic hydroxyl groups is 2. The number of phenolic OH excluding ortho intramolecular Hbond substituents is 2. The molecule has 0 radical (unpaired) electrons. The Bertz CT molecular complexity index is 3960. The van der Waals surface area contributed by atoms with E-state index in [9.17, 15) is 10.2 Å². The van der Waals surface area contributed by atoms with Crippen molar-refractivity contribution in [1.82, 2.24) is 50.3 Å². The molecular formula is C63H62F2N12O4. The number of halogens is 2. The average molecular weight is 1090 g/mol. The van der Waals surface area contributed by atoms with E-state index in [4.69, 9.17) is 52.2 Å². The van der Waals surface area contributed by atoms with E-state index in [1.165, 1.54) is 12.1 Å². The van der Waals surface area contributed by atoms with Crippen molar-refractivity contribution < 1.29 is 28.5 Å². The number of terminal acetylenes is 2. The molecule has 4 bridgehead atoms. The number of anilines is 2. The van der Waals surface area contributed by atoms with Gasteiger partial charge in [0, 0.05) is 103 Å². The smallest absolute Gasteiger partial charge is 0.319 e. The van der Waals surface area contributed by atoms with Crippen LogP contribution >= 0.6 is 0 Å². The van der Waals surface area contributed by atoms with E-state index in [0.29, 0.717) is 115 Å². The SMILES string of the molecule is C#Cc1c(F)ccc2cc(O)cc(-c3cnc4c(N5CC6CCC(C5)N6)nc(OCC5(CN(C)C)CC5c5cc(F)c(C#C)c6c(-c7cnc8c(N9CC%10CCC(C9)N%10)nc(OCC9CCCN9C)nc8c7)cc(O)cc56)nc4c3)c12. The Hall–Kier alpha value is -8.00. The number of nitrogens with zero attached hydrogens (tertiary/aromatic N) is 10. The second-order valence-corrected chi connectivity index (χ2v) is 23.7. The number of likely N-dealkylation sites (N-methyl/N-ethyl adjacent to an activating group) is 1. The third kappa shape index (κ3) is 9.18. The molecule has 81 heavy (non-hydrogen) atoms. The Morgan fingerprint density at radius 1 is 0.704 bits per heavy atom. The molecule has 0 amide bonds. The highest BCUT2D eigenvalue weighted by atomic mass is 19.1. The summed E-state index contributed by atoms with van der Waals surface area (Å²) >= 11 is 0. The zero-order valence-corrected chi connectivity index (χ0v) is 45.5. The minimum Gasteiger partial charge on any atom is -0.508 e. The van der Waals surface area contributed by atoms with Crippen molar-refractivity contribution in [2.75, 3.05) is 83.4 Å². The highest BCUT2D eigenvalue weighted by molar-refractivity contribution is 6.05. The minimum absolute atomic E-state index is 0.0108. The lowest BCUT2D eigenvalue weighted by Crippen LogP contribution is -2.51. The van der Waals surface area contributed by atoms with Crippen molar-refractivity contribution in [3.8, 4) is 70.5 Å². The zero-order valence-electron chi connectivity index (χ0n) is 45.5. The minimum atomic E-state index is -0.556. The van der Waals surface area contributed by atoms with Gasteiger partial charge in [0.15, 0.2) is 11.6 Å². The van der Waals surface area contributed by atoms with Gasteiger partial charge in [-0.05, 0) is 155 Å². The number of hydrogen-bond donors (Lipinski definition) is 4. The van der Waals surface area contributed by atoms with Gasteiger partial charge in [-0.25, -0.2) is 8.78 Å². The van der Waals surface area contributed by atoms with E-state index >= 15 is 8.78 Å². The number of fused-ring (bicyclic) bond motifs is 8. The summed E-state index contributed by atoms with van der Waals surface area (Å²) in [7, 11) is 6.11. The Morgan fingerprint density at radius 2 is 1.27 bits per heavy atom. The molecule has 7 atom stereocenters. The summed E-state index contributed by atoms with van der Waals surface area (Å²) in [6, 6.07) is 16.6. The zero-order chi connectivity index (χ0) is 55.4. The first-order valence-electron chi connectivity index (χ1n) is 28.1. The van der Waals surface area contributed by atoms with Crippen LogP contribution < -0.4 is 29.9 Å².